The number of allylic oxidation sites excluding steroid dienone is 1. The summed E-state index contributed by atoms with van der Waals surface area (Å²) >= 11 is 6.07. The molecule has 0 saturated carbocycles. The van der Waals surface area contributed by atoms with Gasteiger partial charge in [0.1, 0.15) is 23.9 Å². The van der Waals surface area contributed by atoms with E-state index in [4.69, 9.17) is 25.8 Å². The number of nitrogens with zero attached hydrogens (tertiary/aromatic N) is 1. The molecule has 5 nitrogen and oxygen atoms in total. The van der Waals surface area contributed by atoms with Gasteiger partial charge in [-0.25, -0.2) is 0 Å². The van der Waals surface area contributed by atoms with E-state index < -0.39 is 0 Å². The molecule has 5 rings (SSSR count). The lowest BCUT2D eigenvalue weighted by Gasteiger charge is -2.11. The van der Waals surface area contributed by atoms with E-state index >= 15 is 0 Å². The van der Waals surface area contributed by atoms with Crippen molar-refractivity contribution in [1.29, 1.82) is 0 Å². The van der Waals surface area contributed by atoms with E-state index in [9.17, 15) is 4.79 Å². The fraction of sp³-hybridized carbons (Fsp3) is 0.179. The van der Waals surface area contributed by atoms with E-state index in [2.05, 4.69) is 11.5 Å². The Balaban J connectivity index is 1.46. The van der Waals surface area contributed by atoms with Crippen LogP contribution in [0, 0.1) is 6.92 Å². The third-order valence-electron chi connectivity index (χ3n) is 6.07. The maximum Gasteiger partial charge on any atom is 0.231 e. The minimum absolute atomic E-state index is 0.139. The summed E-state index contributed by atoms with van der Waals surface area (Å²) in [6, 6.07) is 17.1. The molecule has 1 aliphatic rings. The summed E-state index contributed by atoms with van der Waals surface area (Å²) in [6.45, 7) is 5.17. The average molecular weight is 474 g/mol. The zero-order valence-corrected chi connectivity index (χ0v) is 20.0. The Morgan fingerprint density at radius 2 is 1.97 bits per heavy atom. The molecule has 0 radical (unpaired) electrons. The molecule has 172 valence electrons. The number of halogens is 1. The smallest absolute Gasteiger partial charge is 0.231 e. The Kier molecular flexibility index (Phi) is 5.80. The number of Topliss-reactive ketones (excluding diaryl/α,β-unsaturated/α-hetero) is 1. The summed E-state index contributed by atoms with van der Waals surface area (Å²) in [7, 11) is 1.64. The van der Waals surface area contributed by atoms with Gasteiger partial charge < -0.3 is 18.8 Å². The molecule has 1 aromatic heterocycles. The van der Waals surface area contributed by atoms with Crippen LogP contribution in [-0.2, 0) is 13.2 Å². The second-order valence-electron chi connectivity index (χ2n) is 8.18. The van der Waals surface area contributed by atoms with Crippen LogP contribution in [0.4, 0.5) is 0 Å². The summed E-state index contributed by atoms with van der Waals surface area (Å²) in [5.41, 5.74) is 4.27. The molecule has 0 N–H and O–H groups in total. The predicted molar refractivity (Wildman–Crippen MR) is 134 cm³/mol. The number of hydrogen-bond acceptors (Lipinski definition) is 4. The molecular weight excluding hydrogens is 450 g/mol. The maximum absolute atomic E-state index is 13.1. The predicted octanol–water partition coefficient (Wildman–Crippen LogP) is 6.83. The Bertz CT molecular complexity index is 1450. The van der Waals surface area contributed by atoms with Crippen LogP contribution in [-0.4, -0.2) is 17.5 Å². The van der Waals surface area contributed by atoms with Crippen molar-refractivity contribution in [2.45, 2.75) is 27.0 Å². The van der Waals surface area contributed by atoms with Gasteiger partial charge in [-0.3, -0.25) is 4.79 Å². The average Bonchev–Trinajstić information content (AvgIpc) is 3.36. The third kappa shape index (κ3) is 3.93. The number of ketones is 1. The van der Waals surface area contributed by atoms with Crippen LogP contribution in [0.5, 0.6) is 17.2 Å². The monoisotopic (exact) mass is 473 g/mol. The van der Waals surface area contributed by atoms with Crippen molar-refractivity contribution in [1.82, 2.24) is 4.57 Å². The first-order valence-electron chi connectivity index (χ1n) is 11.1. The molecule has 0 atom stereocenters. The highest BCUT2D eigenvalue weighted by atomic mass is 35.5. The highest BCUT2D eigenvalue weighted by Crippen LogP contribution is 2.40. The fourth-order valence-corrected chi connectivity index (χ4v) is 4.47. The number of benzene rings is 3. The Morgan fingerprint density at radius 1 is 1.12 bits per heavy atom. The van der Waals surface area contributed by atoms with E-state index in [1.807, 2.05) is 67.7 Å². The summed E-state index contributed by atoms with van der Waals surface area (Å²) in [5, 5.41) is 1.67. The van der Waals surface area contributed by atoms with Crippen molar-refractivity contribution >= 4 is 34.4 Å². The molecule has 4 aromatic rings. The van der Waals surface area contributed by atoms with Crippen molar-refractivity contribution in [2.24, 2.45) is 0 Å². The quantitative estimate of drug-likeness (QED) is 0.288. The Morgan fingerprint density at radius 3 is 2.74 bits per heavy atom. The standard InChI is InChI=1S/C28H24ClNO4/c1-4-30-15-19(23-14-21(32-3)8-10-24(23)30)13-26-27(31)22-9-11-25(17(2)28(22)34-26)33-16-18-6-5-7-20(29)12-18/h5-15H,4,16H2,1-3H3/b26-13-. The van der Waals surface area contributed by atoms with Gasteiger partial charge in [-0.1, -0.05) is 23.7 Å². The molecule has 2 heterocycles. The lowest BCUT2D eigenvalue weighted by atomic mass is 10.1. The Hall–Kier alpha value is -3.70. The second-order valence-corrected chi connectivity index (χ2v) is 8.61. The summed E-state index contributed by atoms with van der Waals surface area (Å²) in [6.07, 6.45) is 3.84. The number of carbonyl (C=O) groups is 1. The minimum Gasteiger partial charge on any atom is -0.497 e. The topological polar surface area (TPSA) is 49.7 Å². The van der Waals surface area contributed by atoms with Crippen LogP contribution < -0.4 is 14.2 Å². The van der Waals surface area contributed by atoms with Crippen molar-refractivity contribution in [3.63, 3.8) is 0 Å². The first-order chi connectivity index (χ1) is 16.5. The highest BCUT2D eigenvalue weighted by molar-refractivity contribution is 6.30. The van der Waals surface area contributed by atoms with E-state index in [1.165, 1.54) is 0 Å². The summed E-state index contributed by atoms with van der Waals surface area (Å²) in [5.74, 6) is 2.12. The van der Waals surface area contributed by atoms with Gasteiger partial charge in [-0.05, 0) is 68.0 Å². The van der Waals surface area contributed by atoms with Crippen molar-refractivity contribution in [3.8, 4) is 17.2 Å². The molecule has 0 spiro atoms. The molecule has 1 aliphatic heterocycles. The lowest BCUT2D eigenvalue weighted by Crippen LogP contribution is -1.98. The van der Waals surface area contributed by atoms with Gasteiger partial charge in [-0.15, -0.1) is 0 Å². The molecule has 0 bridgehead atoms. The Labute approximate surface area is 203 Å². The van der Waals surface area contributed by atoms with Gasteiger partial charge in [-0.2, -0.15) is 0 Å². The number of ether oxygens (including phenoxy) is 3. The number of rotatable bonds is 6. The van der Waals surface area contributed by atoms with Crippen LogP contribution in [0.2, 0.25) is 5.02 Å². The molecule has 0 fully saturated rings. The lowest BCUT2D eigenvalue weighted by molar-refractivity contribution is 0.101. The van der Waals surface area contributed by atoms with Gasteiger partial charge in [0.15, 0.2) is 5.76 Å². The van der Waals surface area contributed by atoms with Gasteiger partial charge in [0.25, 0.3) is 0 Å². The van der Waals surface area contributed by atoms with Gasteiger partial charge in [0.2, 0.25) is 5.78 Å². The number of aryl methyl sites for hydroxylation is 1. The molecular formula is C28H24ClNO4. The minimum atomic E-state index is -0.139. The molecule has 0 aliphatic carbocycles. The van der Waals surface area contributed by atoms with Gasteiger partial charge >= 0.3 is 0 Å². The van der Waals surface area contributed by atoms with Crippen molar-refractivity contribution in [2.75, 3.05) is 7.11 Å². The van der Waals surface area contributed by atoms with Crippen molar-refractivity contribution in [3.05, 3.63) is 93.8 Å². The summed E-state index contributed by atoms with van der Waals surface area (Å²) in [4.78, 5) is 13.1. The number of carbonyl (C=O) groups excluding carboxylic acids is 1. The van der Waals surface area contributed by atoms with Crippen LogP contribution in [0.3, 0.4) is 0 Å². The van der Waals surface area contributed by atoms with E-state index in [0.29, 0.717) is 34.5 Å². The number of hydrogen-bond donors (Lipinski definition) is 0. The van der Waals surface area contributed by atoms with Crippen LogP contribution >= 0.6 is 11.6 Å². The number of methoxy groups -OCH3 is 1. The molecule has 6 heteroatoms. The van der Waals surface area contributed by atoms with Crippen LogP contribution in [0.1, 0.15) is 34.0 Å². The highest BCUT2D eigenvalue weighted by Gasteiger charge is 2.30. The summed E-state index contributed by atoms with van der Waals surface area (Å²) < 4.78 is 19.6. The van der Waals surface area contributed by atoms with Crippen molar-refractivity contribution < 1.29 is 19.0 Å². The first kappa shape index (κ1) is 22.1. The van der Waals surface area contributed by atoms with E-state index in [1.54, 1.807) is 13.2 Å². The third-order valence-corrected chi connectivity index (χ3v) is 6.30. The normalized spacial score (nSPS) is 13.9. The molecule has 34 heavy (non-hydrogen) atoms. The first-order valence-corrected chi connectivity index (χ1v) is 11.5. The largest absolute Gasteiger partial charge is 0.497 e. The number of aromatic nitrogens is 1. The molecule has 0 unspecified atom stereocenters. The molecule has 0 saturated heterocycles. The van der Waals surface area contributed by atoms with Crippen LogP contribution in [0.15, 0.2) is 66.6 Å². The van der Waals surface area contributed by atoms with E-state index in [0.717, 1.165) is 39.9 Å². The van der Waals surface area contributed by atoms with Gasteiger partial charge in [0, 0.05) is 39.8 Å². The zero-order valence-electron chi connectivity index (χ0n) is 19.2. The second kappa shape index (κ2) is 8.92. The number of fused-ring (bicyclic) bond motifs is 2. The maximum atomic E-state index is 13.1. The van der Waals surface area contributed by atoms with Gasteiger partial charge in [0.05, 0.1) is 12.7 Å². The molecule has 3 aromatic carbocycles. The van der Waals surface area contributed by atoms with E-state index in [-0.39, 0.29) is 5.78 Å². The van der Waals surface area contributed by atoms with Crippen LogP contribution in [0.25, 0.3) is 17.0 Å². The molecule has 0 amide bonds. The SMILES string of the molecule is CCn1cc(/C=C2\Oc3c(ccc(OCc4cccc(Cl)c4)c3C)C2=O)c2cc(OC)ccc21. The fourth-order valence-electron chi connectivity index (χ4n) is 4.26. The zero-order chi connectivity index (χ0) is 23.8.